The van der Waals surface area contributed by atoms with E-state index < -0.39 is 6.04 Å². The highest BCUT2D eigenvalue weighted by molar-refractivity contribution is 5.81. The van der Waals surface area contributed by atoms with E-state index in [1.807, 2.05) is 13.0 Å². The molecule has 0 radical (unpaired) electrons. The van der Waals surface area contributed by atoms with E-state index in [0.29, 0.717) is 0 Å². The molecule has 1 aromatic rings. The fraction of sp³-hybridized carbons (Fsp3) is 0.583. The lowest BCUT2D eigenvalue weighted by Crippen LogP contribution is -2.41. The summed E-state index contributed by atoms with van der Waals surface area (Å²) in [6, 6.07) is 3.09. The maximum Gasteiger partial charge on any atom is 0.237 e. The highest BCUT2D eigenvalue weighted by Crippen LogP contribution is 2.12. The highest BCUT2D eigenvalue weighted by atomic mass is 16.3. The maximum absolute atomic E-state index is 11.7. The van der Waals surface area contributed by atoms with Gasteiger partial charge in [-0.2, -0.15) is 0 Å². The first-order valence-electron chi connectivity index (χ1n) is 5.74. The number of nitrogens with one attached hydrogen (secondary N) is 1. The van der Waals surface area contributed by atoms with Crippen LogP contribution in [0, 0.1) is 0 Å². The van der Waals surface area contributed by atoms with Crippen molar-refractivity contribution in [2.75, 3.05) is 0 Å². The van der Waals surface area contributed by atoms with Crippen molar-refractivity contribution in [2.45, 2.75) is 45.2 Å². The van der Waals surface area contributed by atoms with Crippen LogP contribution in [0.2, 0.25) is 0 Å². The van der Waals surface area contributed by atoms with Gasteiger partial charge in [-0.1, -0.05) is 19.8 Å². The monoisotopic (exact) mass is 224 g/mol. The zero-order valence-electron chi connectivity index (χ0n) is 9.90. The Morgan fingerprint density at radius 3 is 2.94 bits per heavy atom. The number of hydrogen-bond acceptors (Lipinski definition) is 3. The summed E-state index contributed by atoms with van der Waals surface area (Å²) < 4.78 is 5.20. The minimum absolute atomic E-state index is 0.114. The average molecular weight is 224 g/mol. The number of carbonyl (C=O) groups excluding carboxylic acids is 1. The Balaban J connectivity index is 2.39. The van der Waals surface area contributed by atoms with Crippen LogP contribution in [0.1, 0.15) is 44.9 Å². The van der Waals surface area contributed by atoms with Crippen molar-refractivity contribution in [3.8, 4) is 0 Å². The minimum atomic E-state index is -0.419. The van der Waals surface area contributed by atoms with Crippen LogP contribution in [0.4, 0.5) is 0 Å². The van der Waals surface area contributed by atoms with Crippen LogP contribution < -0.4 is 11.1 Å². The summed E-state index contributed by atoms with van der Waals surface area (Å²) in [7, 11) is 0. The molecule has 90 valence electrons. The summed E-state index contributed by atoms with van der Waals surface area (Å²) in [5, 5.41) is 2.83. The first-order valence-corrected chi connectivity index (χ1v) is 5.74. The van der Waals surface area contributed by atoms with Gasteiger partial charge in [-0.25, -0.2) is 0 Å². The molecule has 0 fully saturated rings. The Morgan fingerprint density at radius 2 is 2.38 bits per heavy atom. The van der Waals surface area contributed by atoms with Gasteiger partial charge in [-0.05, 0) is 25.5 Å². The Bertz CT molecular complexity index is 309. The number of amides is 1. The molecule has 1 aromatic heterocycles. The van der Waals surface area contributed by atoms with Gasteiger partial charge in [0, 0.05) is 0 Å². The standard InChI is InChI=1S/C12H20N2O2/c1-3-4-6-10(13)12(15)14-9(2)11-7-5-8-16-11/h5,7-10H,3-4,6,13H2,1-2H3,(H,14,15)/t9-,10?/m0/s1. The molecule has 1 unspecified atom stereocenters. The van der Waals surface area contributed by atoms with E-state index in [-0.39, 0.29) is 11.9 Å². The quantitative estimate of drug-likeness (QED) is 0.776. The van der Waals surface area contributed by atoms with Gasteiger partial charge < -0.3 is 15.5 Å². The molecule has 3 N–H and O–H groups in total. The largest absolute Gasteiger partial charge is 0.467 e. The summed E-state index contributed by atoms with van der Waals surface area (Å²) in [5.41, 5.74) is 5.76. The third-order valence-corrected chi connectivity index (χ3v) is 2.53. The molecular weight excluding hydrogens is 204 g/mol. The molecule has 1 heterocycles. The second-order valence-electron chi connectivity index (χ2n) is 3.99. The maximum atomic E-state index is 11.7. The van der Waals surface area contributed by atoms with Gasteiger partial charge in [0.1, 0.15) is 5.76 Å². The molecular formula is C12H20N2O2. The summed E-state index contributed by atoms with van der Waals surface area (Å²) in [4.78, 5) is 11.7. The van der Waals surface area contributed by atoms with E-state index in [1.165, 1.54) is 0 Å². The van der Waals surface area contributed by atoms with Crippen LogP contribution in [0.15, 0.2) is 22.8 Å². The smallest absolute Gasteiger partial charge is 0.237 e. The van der Waals surface area contributed by atoms with Crippen LogP contribution in [-0.2, 0) is 4.79 Å². The summed E-state index contributed by atoms with van der Waals surface area (Å²) in [6.07, 6.45) is 4.35. The van der Waals surface area contributed by atoms with Crippen molar-refractivity contribution < 1.29 is 9.21 Å². The molecule has 2 atom stereocenters. The first kappa shape index (κ1) is 12.8. The lowest BCUT2D eigenvalue weighted by atomic mass is 10.1. The van der Waals surface area contributed by atoms with E-state index in [2.05, 4.69) is 12.2 Å². The molecule has 4 heteroatoms. The molecule has 0 saturated carbocycles. The lowest BCUT2D eigenvalue weighted by Gasteiger charge is -2.15. The molecule has 4 nitrogen and oxygen atoms in total. The van der Waals surface area contributed by atoms with Gasteiger partial charge in [0.25, 0.3) is 0 Å². The number of unbranched alkanes of at least 4 members (excludes halogenated alkanes) is 1. The van der Waals surface area contributed by atoms with Gasteiger partial charge in [0.05, 0.1) is 18.3 Å². The summed E-state index contributed by atoms with van der Waals surface area (Å²) >= 11 is 0. The Kier molecular flexibility index (Phi) is 5.05. The topological polar surface area (TPSA) is 68.3 Å². The molecule has 0 aliphatic carbocycles. The van der Waals surface area contributed by atoms with Crippen LogP contribution in [0.3, 0.4) is 0 Å². The Labute approximate surface area is 96.2 Å². The number of furan rings is 1. The number of hydrogen-bond donors (Lipinski definition) is 2. The van der Waals surface area contributed by atoms with E-state index in [4.69, 9.17) is 10.2 Å². The fourth-order valence-electron chi connectivity index (χ4n) is 1.48. The highest BCUT2D eigenvalue weighted by Gasteiger charge is 2.17. The molecule has 0 saturated heterocycles. The van der Waals surface area contributed by atoms with Crippen molar-refractivity contribution in [2.24, 2.45) is 5.73 Å². The minimum Gasteiger partial charge on any atom is -0.467 e. The van der Waals surface area contributed by atoms with Crippen LogP contribution in [-0.4, -0.2) is 11.9 Å². The van der Waals surface area contributed by atoms with Gasteiger partial charge >= 0.3 is 0 Å². The van der Waals surface area contributed by atoms with Crippen molar-refractivity contribution in [3.63, 3.8) is 0 Å². The molecule has 0 aliphatic heterocycles. The van der Waals surface area contributed by atoms with Gasteiger partial charge in [-0.3, -0.25) is 4.79 Å². The lowest BCUT2D eigenvalue weighted by molar-refractivity contribution is -0.123. The van der Waals surface area contributed by atoms with Crippen LogP contribution >= 0.6 is 0 Å². The molecule has 0 spiro atoms. The van der Waals surface area contributed by atoms with Crippen molar-refractivity contribution in [1.29, 1.82) is 0 Å². The second-order valence-corrected chi connectivity index (χ2v) is 3.99. The molecule has 16 heavy (non-hydrogen) atoms. The Hall–Kier alpha value is -1.29. The van der Waals surface area contributed by atoms with Crippen molar-refractivity contribution >= 4 is 5.91 Å². The van der Waals surface area contributed by atoms with E-state index in [0.717, 1.165) is 25.0 Å². The van der Waals surface area contributed by atoms with E-state index in [9.17, 15) is 4.79 Å². The second kappa shape index (κ2) is 6.33. The van der Waals surface area contributed by atoms with Gasteiger partial charge in [0.2, 0.25) is 5.91 Å². The van der Waals surface area contributed by atoms with Crippen molar-refractivity contribution in [1.82, 2.24) is 5.32 Å². The molecule has 1 amide bonds. The zero-order chi connectivity index (χ0) is 12.0. The van der Waals surface area contributed by atoms with Gasteiger partial charge in [0.15, 0.2) is 0 Å². The molecule has 0 aliphatic rings. The molecule has 0 aromatic carbocycles. The molecule has 1 rings (SSSR count). The number of nitrogens with two attached hydrogens (primary N) is 1. The fourth-order valence-corrected chi connectivity index (χ4v) is 1.48. The van der Waals surface area contributed by atoms with Crippen LogP contribution in [0.5, 0.6) is 0 Å². The normalized spacial score (nSPS) is 14.4. The zero-order valence-corrected chi connectivity index (χ0v) is 9.90. The predicted octanol–water partition coefficient (Wildman–Crippen LogP) is 1.97. The average Bonchev–Trinajstić information content (AvgIpc) is 2.79. The van der Waals surface area contributed by atoms with Crippen molar-refractivity contribution in [3.05, 3.63) is 24.2 Å². The van der Waals surface area contributed by atoms with Gasteiger partial charge in [-0.15, -0.1) is 0 Å². The Morgan fingerprint density at radius 1 is 1.62 bits per heavy atom. The third kappa shape index (κ3) is 3.70. The first-order chi connectivity index (χ1) is 7.65. The van der Waals surface area contributed by atoms with Crippen LogP contribution in [0.25, 0.3) is 0 Å². The van der Waals surface area contributed by atoms with E-state index in [1.54, 1.807) is 12.3 Å². The summed E-state index contributed by atoms with van der Waals surface area (Å²) in [6.45, 7) is 3.96. The number of carbonyl (C=O) groups is 1. The van der Waals surface area contributed by atoms with E-state index >= 15 is 0 Å². The molecule has 0 bridgehead atoms. The predicted molar refractivity (Wildman–Crippen MR) is 62.8 cm³/mol. The summed E-state index contributed by atoms with van der Waals surface area (Å²) in [5.74, 6) is 0.633. The third-order valence-electron chi connectivity index (χ3n) is 2.53. The SMILES string of the molecule is CCCCC(N)C(=O)N[C@@H](C)c1ccco1. The number of rotatable bonds is 6.